The van der Waals surface area contributed by atoms with Gasteiger partial charge in [-0.25, -0.2) is 9.97 Å². The van der Waals surface area contributed by atoms with Crippen LogP contribution < -0.4 is 10.1 Å². The van der Waals surface area contributed by atoms with Crippen molar-refractivity contribution in [3.05, 3.63) is 29.5 Å². The minimum absolute atomic E-state index is 0.131. The number of hydrogen-bond donors (Lipinski definition) is 4. The van der Waals surface area contributed by atoms with Crippen LogP contribution in [0.25, 0.3) is 11.0 Å². The molecule has 1 aliphatic heterocycles. The van der Waals surface area contributed by atoms with Crippen LogP contribution in [0.3, 0.4) is 0 Å². The number of nitrogens with zero attached hydrogens (tertiary/aromatic N) is 2. The Bertz CT molecular complexity index is 845. The molecule has 1 amide bonds. The van der Waals surface area contributed by atoms with E-state index in [2.05, 4.69) is 15.3 Å². The third-order valence-corrected chi connectivity index (χ3v) is 4.62. The van der Waals surface area contributed by atoms with Crippen LogP contribution in [-0.2, 0) is 9.53 Å². The van der Waals surface area contributed by atoms with E-state index < -0.39 is 43.2 Å². The van der Waals surface area contributed by atoms with Crippen LogP contribution in [0, 0.1) is 13.8 Å². The number of ether oxygens (including phenoxy) is 2. The van der Waals surface area contributed by atoms with Crippen molar-refractivity contribution < 1.29 is 29.6 Å². The van der Waals surface area contributed by atoms with Gasteiger partial charge in [-0.15, -0.1) is 0 Å². The summed E-state index contributed by atoms with van der Waals surface area (Å²) in [6, 6.07) is 2.75. The molecule has 1 aromatic heterocycles. The van der Waals surface area contributed by atoms with Crippen LogP contribution in [0.5, 0.6) is 5.88 Å². The third-order valence-electron chi connectivity index (χ3n) is 4.62. The van der Waals surface area contributed by atoms with E-state index in [1.54, 1.807) is 0 Å². The van der Waals surface area contributed by atoms with Gasteiger partial charge in [-0.05, 0) is 37.1 Å². The van der Waals surface area contributed by atoms with Crippen molar-refractivity contribution >= 4 is 16.9 Å². The molecule has 1 saturated heterocycles. The number of amides is 1. The van der Waals surface area contributed by atoms with Gasteiger partial charge in [0.1, 0.15) is 24.4 Å². The smallest absolute Gasteiger partial charge is 0.235 e. The van der Waals surface area contributed by atoms with Gasteiger partial charge < -0.3 is 30.1 Å². The van der Waals surface area contributed by atoms with Crippen molar-refractivity contribution in [1.29, 1.82) is 0 Å². The Morgan fingerprint density at radius 2 is 1.89 bits per heavy atom. The van der Waals surface area contributed by atoms with E-state index in [-0.39, 0.29) is 5.88 Å². The first-order valence-electron chi connectivity index (χ1n) is 8.60. The molecule has 3 rings (SSSR count). The summed E-state index contributed by atoms with van der Waals surface area (Å²) in [5.41, 5.74) is 3.48. The van der Waals surface area contributed by atoms with Gasteiger partial charge in [-0.3, -0.25) is 4.79 Å². The number of carbonyl (C=O) groups excluding carboxylic acids is 1. The summed E-state index contributed by atoms with van der Waals surface area (Å²) < 4.78 is 11.2. The van der Waals surface area contributed by atoms with Gasteiger partial charge in [0.15, 0.2) is 0 Å². The van der Waals surface area contributed by atoms with Gasteiger partial charge in [0, 0.05) is 6.92 Å². The number of aliphatic hydroxyl groups excluding tert-OH is 3. The highest BCUT2D eigenvalue weighted by atomic mass is 16.7. The van der Waals surface area contributed by atoms with Crippen molar-refractivity contribution in [3.8, 4) is 5.88 Å². The van der Waals surface area contributed by atoms with Crippen LogP contribution in [-0.4, -0.2) is 68.4 Å². The molecule has 2 heterocycles. The number of carbonyl (C=O) groups is 1. The topological polar surface area (TPSA) is 134 Å². The molecule has 1 fully saturated rings. The summed E-state index contributed by atoms with van der Waals surface area (Å²) in [4.78, 5) is 20.2. The van der Waals surface area contributed by atoms with E-state index in [4.69, 9.17) is 9.47 Å². The molecule has 146 valence electrons. The van der Waals surface area contributed by atoms with Gasteiger partial charge >= 0.3 is 0 Å². The van der Waals surface area contributed by atoms with Crippen LogP contribution in [0.1, 0.15) is 18.1 Å². The first kappa shape index (κ1) is 19.4. The largest absolute Gasteiger partial charge is 0.444 e. The molecule has 1 aromatic carbocycles. The maximum absolute atomic E-state index is 11.5. The fourth-order valence-corrected chi connectivity index (χ4v) is 3.00. The van der Waals surface area contributed by atoms with Crippen LogP contribution in [0.15, 0.2) is 18.3 Å². The minimum atomic E-state index is -1.39. The molecule has 0 radical (unpaired) electrons. The van der Waals surface area contributed by atoms with E-state index in [1.807, 2.05) is 26.0 Å². The van der Waals surface area contributed by atoms with Crippen molar-refractivity contribution in [2.24, 2.45) is 0 Å². The van der Waals surface area contributed by atoms with Crippen LogP contribution in [0.2, 0.25) is 0 Å². The highest BCUT2D eigenvalue weighted by molar-refractivity contribution is 5.76. The van der Waals surface area contributed by atoms with Crippen LogP contribution in [0.4, 0.5) is 0 Å². The van der Waals surface area contributed by atoms with E-state index in [1.165, 1.54) is 13.1 Å². The average Bonchev–Trinajstić information content (AvgIpc) is 2.62. The summed E-state index contributed by atoms with van der Waals surface area (Å²) in [7, 11) is 0. The molecule has 5 atom stereocenters. The molecule has 0 unspecified atom stereocenters. The van der Waals surface area contributed by atoms with Gasteiger partial charge in [-0.2, -0.15) is 0 Å². The summed E-state index contributed by atoms with van der Waals surface area (Å²) in [6.07, 6.45) is -3.57. The lowest BCUT2D eigenvalue weighted by Crippen LogP contribution is -2.65. The number of rotatable bonds is 4. The monoisotopic (exact) mass is 377 g/mol. The van der Waals surface area contributed by atoms with Gasteiger partial charge in [0.2, 0.25) is 18.1 Å². The second kappa shape index (κ2) is 7.73. The highest BCUT2D eigenvalue weighted by Crippen LogP contribution is 2.25. The number of fused-ring (bicyclic) bond motifs is 1. The number of aromatic nitrogens is 2. The molecule has 0 bridgehead atoms. The van der Waals surface area contributed by atoms with Crippen molar-refractivity contribution in [3.63, 3.8) is 0 Å². The Kier molecular flexibility index (Phi) is 5.56. The predicted molar refractivity (Wildman–Crippen MR) is 95.0 cm³/mol. The molecule has 2 aromatic rings. The molecular weight excluding hydrogens is 354 g/mol. The lowest BCUT2D eigenvalue weighted by molar-refractivity contribution is -0.245. The number of hydrogen-bond acceptors (Lipinski definition) is 8. The zero-order valence-electron chi connectivity index (χ0n) is 15.3. The molecule has 27 heavy (non-hydrogen) atoms. The molecule has 0 aliphatic carbocycles. The molecule has 9 nitrogen and oxygen atoms in total. The Labute approximate surface area is 156 Å². The van der Waals surface area contributed by atoms with E-state index >= 15 is 0 Å². The molecule has 1 aliphatic rings. The predicted octanol–water partition coefficient (Wildman–Crippen LogP) is -0.431. The second-order valence-electron chi connectivity index (χ2n) is 6.68. The van der Waals surface area contributed by atoms with E-state index in [0.717, 1.165) is 11.1 Å². The fraction of sp³-hybridized carbons (Fsp3) is 0.500. The summed E-state index contributed by atoms with van der Waals surface area (Å²) >= 11 is 0. The zero-order valence-corrected chi connectivity index (χ0v) is 15.3. The highest BCUT2D eigenvalue weighted by Gasteiger charge is 2.46. The lowest BCUT2D eigenvalue weighted by Gasteiger charge is -2.41. The molecule has 9 heteroatoms. The SMILES string of the molecule is CC(=O)N[C@H]1[C@H](Oc2cnc3cc(C)c(C)cc3n2)O[C@H](CO)[C@@H](O)[C@@H]1O. The Morgan fingerprint density at radius 1 is 1.22 bits per heavy atom. The Morgan fingerprint density at radius 3 is 2.52 bits per heavy atom. The fourth-order valence-electron chi connectivity index (χ4n) is 3.00. The third kappa shape index (κ3) is 4.01. The lowest BCUT2D eigenvalue weighted by atomic mass is 9.97. The minimum Gasteiger partial charge on any atom is -0.444 e. The standard InChI is InChI=1S/C18H23N3O6/c1-8-4-11-12(5-9(8)2)21-14(6-19-11)27-18-15(20-10(3)23)17(25)16(24)13(7-22)26-18/h4-6,13,15-18,22,24-25H,7H2,1-3H3,(H,20,23)/t13-,15-,16-,17-,18+/m1/s1. The maximum Gasteiger partial charge on any atom is 0.235 e. The number of aryl methyl sites for hydroxylation is 2. The number of benzene rings is 1. The van der Waals surface area contributed by atoms with Crippen molar-refractivity contribution in [2.75, 3.05) is 6.61 Å². The summed E-state index contributed by atoms with van der Waals surface area (Å²) in [5.74, 6) is -0.298. The molecule has 4 N–H and O–H groups in total. The van der Waals surface area contributed by atoms with Crippen LogP contribution >= 0.6 is 0 Å². The summed E-state index contributed by atoms with van der Waals surface area (Å²) in [5, 5.41) is 32.2. The quantitative estimate of drug-likeness (QED) is 0.564. The van der Waals surface area contributed by atoms with Crippen molar-refractivity contribution in [1.82, 2.24) is 15.3 Å². The normalized spacial score (nSPS) is 28.1. The maximum atomic E-state index is 11.5. The Balaban J connectivity index is 1.89. The van der Waals surface area contributed by atoms with E-state index in [9.17, 15) is 20.1 Å². The van der Waals surface area contributed by atoms with Gasteiger partial charge in [0.05, 0.1) is 23.8 Å². The number of nitrogens with one attached hydrogen (secondary N) is 1. The van der Waals surface area contributed by atoms with E-state index in [0.29, 0.717) is 11.0 Å². The molecule has 0 spiro atoms. The first-order chi connectivity index (χ1) is 12.8. The second-order valence-corrected chi connectivity index (χ2v) is 6.68. The molecular formula is C18H23N3O6. The molecule has 0 saturated carbocycles. The first-order valence-corrected chi connectivity index (χ1v) is 8.60. The van der Waals surface area contributed by atoms with Gasteiger partial charge in [-0.1, -0.05) is 0 Å². The average molecular weight is 377 g/mol. The zero-order chi connectivity index (χ0) is 19.7. The van der Waals surface area contributed by atoms with Crippen molar-refractivity contribution in [2.45, 2.75) is 51.4 Å². The Hall–Kier alpha value is -2.33. The summed E-state index contributed by atoms with van der Waals surface area (Å²) in [6.45, 7) is 4.70. The number of aliphatic hydroxyl groups is 3. The van der Waals surface area contributed by atoms with Gasteiger partial charge in [0.25, 0.3) is 0 Å².